The molecule has 2 aromatic carbocycles. The van der Waals surface area contributed by atoms with Gasteiger partial charge in [0.2, 0.25) is 11.8 Å². The average Bonchev–Trinajstić information content (AvgIpc) is 3.09. The fourth-order valence-electron chi connectivity index (χ4n) is 2.91. The van der Waals surface area contributed by atoms with Crippen molar-refractivity contribution in [1.29, 1.82) is 0 Å². The minimum absolute atomic E-state index is 0.329. The van der Waals surface area contributed by atoms with Crippen molar-refractivity contribution in [2.75, 3.05) is 0 Å². The van der Waals surface area contributed by atoms with Gasteiger partial charge in [0.15, 0.2) is 0 Å². The summed E-state index contributed by atoms with van der Waals surface area (Å²) >= 11 is 1.18. The third-order valence-corrected chi connectivity index (χ3v) is 4.91. The fraction of sp³-hybridized carbons (Fsp3) is 0.105. The molecule has 1 heterocycles. The normalized spacial score (nSPS) is 11.7. The molecule has 26 heavy (non-hydrogen) atoms. The zero-order chi connectivity index (χ0) is 18.7. The topological polar surface area (TPSA) is 101 Å². The van der Waals surface area contributed by atoms with E-state index in [0.29, 0.717) is 10.4 Å². The third-order valence-electron chi connectivity index (χ3n) is 3.98. The van der Waals surface area contributed by atoms with Crippen LogP contribution in [0.4, 0.5) is 0 Å². The second kappa shape index (κ2) is 7.37. The molecule has 0 aliphatic heterocycles. The molecule has 0 radical (unpaired) electrons. The third kappa shape index (κ3) is 3.43. The quantitative estimate of drug-likeness (QED) is 0.617. The maximum absolute atomic E-state index is 12.4. The number of hydrogen-bond acceptors (Lipinski definition) is 4. The van der Waals surface area contributed by atoms with Crippen LogP contribution >= 0.6 is 11.3 Å². The molecule has 0 aliphatic carbocycles. The monoisotopic (exact) mass is 367 g/mol. The number of nitrogens with two attached hydrogens (primary N) is 1. The van der Waals surface area contributed by atoms with Crippen molar-refractivity contribution in [1.82, 2.24) is 10.9 Å². The number of fused-ring (bicyclic) bond motifs is 1. The molecule has 0 bridgehead atoms. The lowest BCUT2D eigenvalue weighted by molar-refractivity contribution is -0.120. The lowest BCUT2D eigenvalue weighted by atomic mass is 9.87. The summed E-state index contributed by atoms with van der Waals surface area (Å²) in [7, 11) is 0. The Morgan fingerprint density at radius 2 is 1.69 bits per heavy atom. The molecule has 0 saturated heterocycles. The highest BCUT2D eigenvalue weighted by atomic mass is 32.1. The predicted octanol–water partition coefficient (Wildman–Crippen LogP) is 2.30. The van der Waals surface area contributed by atoms with Crippen LogP contribution in [0.1, 0.15) is 33.6 Å². The number of rotatable bonds is 4. The van der Waals surface area contributed by atoms with E-state index in [4.69, 9.17) is 5.73 Å². The average molecular weight is 367 g/mol. The first kappa shape index (κ1) is 17.6. The Labute approximate surface area is 154 Å². The SMILES string of the molecule is CC(=O)NNC(=O)c1sccc1C(C(N)=O)c1cccc2ccccc12. The molecule has 0 spiro atoms. The minimum Gasteiger partial charge on any atom is -0.369 e. The van der Waals surface area contributed by atoms with E-state index >= 15 is 0 Å². The molecule has 0 aliphatic rings. The highest BCUT2D eigenvalue weighted by Crippen LogP contribution is 2.34. The van der Waals surface area contributed by atoms with Crippen LogP contribution in [0.3, 0.4) is 0 Å². The molecule has 3 amide bonds. The maximum atomic E-state index is 12.4. The van der Waals surface area contributed by atoms with Gasteiger partial charge in [-0.1, -0.05) is 42.5 Å². The highest BCUT2D eigenvalue weighted by molar-refractivity contribution is 7.12. The Morgan fingerprint density at radius 1 is 0.962 bits per heavy atom. The first-order valence-electron chi connectivity index (χ1n) is 7.90. The summed E-state index contributed by atoms with van der Waals surface area (Å²) in [4.78, 5) is 36.0. The van der Waals surface area contributed by atoms with Crippen LogP contribution < -0.4 is 16.6 Å². The lowest BCUT2D eigenvalue weighted by Gasteiger charge is -2.17. The minimum atomic E-state index is -0.773. The molecular weight excluding hydrogens is 350 g/mol. The van der Waals surface area contributed by atoms with Crippen LogP contribution in [0.25, 0.3) is 10.8 Å². The first-order valence-corrected chi connectivity index (χ1v) is 8.78. The van der Waals surface area contributed by atoms with Crippen LogP contribution in [0.5, 0.6) is 0 Å². The van der Waals surface area contributed by atoms with Crippen LogP contribution in [0.15, 0.2) is 53.9 Å². The van der Waals surface area contributed by atoms with E-state index in [9.17, 15) is 14.4 Å². The lowest BCUT2D eigenvalue weighted by Crippen LogP contribution is -2.40. The Balaban J connectivity index is 2.08. The zero-order valence-corrected chi connectivity index (χ0v) is 14.8. The van der Waals surface area contributed by atoms with Gasteiger partial charge in [0.1, 0.15) is 0 Å². The molecule has 132 valence electrons. The Bertz CT molecular complexity index is 991. The van der Waals surface area contributed by atoms with Crippen molar-refractivity contribution in [2.45, 2.75) is 12.8 Å². The van der Waals surface area contributed by atoms with Gasteiger partial charge in [-0.15, -0.1) is 11.3 Å². The number of nitrogens with one attached hydrogen (secondary N) is 2. The van der Waals surface area contributed by atoms with E-state index in [0.717, 1.165) is 16.3 Å². The summed E-state index contributed by atoms with van der Waals surface area (Å²) in [5.41, 5.74) is 11.5. The van der Waals surface area contributed by atoms with Crippen molar-refractivity contribution in [3.8, 4) is 0 Å². The van der Waals surface area contributed by atoms with E-state index in [1.807, 2.05) is 42.5 Å². The molecule has 3 rings (SSSR count). The van der Waals surface area contributed by atoms with Gasteiger partial charge in [-0.05, 0) is 33.3 Å². The van der Waals surface area contributed by atoms with Crippen LogP contribution in [0, 0.1) is 0 Å². The van der Waals surface area contributed by atoms with Gasteiger partial charge in [-0.3, -0.25) is 25.2 Å². The summed E-state index contributed by atoms with van der Waals surface area (Å²) in [5, 5.41) is 3.60. The number of primary amides is 1. The number of hydrazine groups is 1. The molecule has 1 aromatic heterocycles. The summed E-state index contributed by atoms with van der Waals surface area (Å²) in [6, 6.07) is 15.0. The van der Waals surface area contributed by atoms with Crippen molar-refractivity contribution in [2.24, 2.45) is 5.73 Å². The molecule has 1 unspecified atom stereocenters. The standard InChI is InChI=1S/C19H17N3O3S/c1-11(23)21-22-19(25)17-15(9-10-26-17)16(18(20)24)14-8-4-6-12-5-2-3-7-13(12)14/h2-10,16H,1H3,(H2,20,24)(H,21,23)(H,22,25). The Kier molecular flexibility index (Phi) is 4.99. The van der Waals surface area contributed by atoms with Crippen LogP contribution in [0.2, 0.25) is 0 Å². The largest absolute Gasteiger partial charge is 0.369 e. The molecule has 0 fully saturated rings. The van der Waals surface area contributed by atoms with Crippen LogP contribution in [-0.2, 0) is 9.59 Å². The summed E-state index contributed by atoms with van der Waals surface area (Å²) in [6.07, 6.45) is 0. The molecule has 0 saturated carbocycles. The number of amides is 3. The second-order valence-corrected chi connectivity index (χ2v) is 6.66. The van der Waals surface area contributed by atoms with E-state index in [-0.39, 0.29) is 0 Å². The number of hydrogen-bond donors (Lipinski definition) is 3. The summed E-state index contributed by atoms with van der Waals surface area (Å²) in [6.45, 7) is 1.29. The Morgan fingerprint density at radius 3 is 2.42 bits per heavy atom. The maximum Gasteiger partial charge on any atom is 0.280 e. The Hall–Kier alpha value is -3.19. The van der Waals surface area contributed by atoms with Crippen molar-refractivity contribution in [3.63, 3.8) is 0 Å². The number of carbonyl (C=O) groups is 3. The second-order valence-electron chi connectivity index (χ2n) is 5.74. The number of carbonyl (C=O) groups excluding carboxylic acids is 3. The highest BCUT2D eigenvalue weighted by Gasteiger charge is 2.28. The van der Waals surface area contributed by atoms with Gasteiger partial charge >= 0.3 is 0 Å². The smallest absolute Gasteiger partial charge is 0.280 e. The van der Waals surface area contributed by atoms with Crippen molar-refractivity contribution in [3.05, 3.63) is 69.9 Å². The van der Waals surface area contributed by atoms with Gasteiger partial charge in [0, 0.05) is 6.92 Å². The van der Waals surface area contributed by atoms with Crippen molar-refractivity contribution >= 4 is 39.8 Å². The number of benzene rings is 2. The summed E-state index contributed by atoms with van der Waals surface area (Å²) in [5.74, 6) is -2.20. The van der Waals surface area contributed by atoms with Crippen LogP contribution in [-0.4, -0.2) is 17.7 Å². The summed E-state index contributed by atoms with van der Waals surface area (Å²) < 4.78 is 0. The van der Waals surface area contributed by atoms with E-state index in [1.165, 1.54) is 18.3 Å². The van der Waals surface area contributed by atoms with Gasteiger partial charge < -0.3 is 5.73 Å². The molecule has 4 N–H and O–H groups in total. The molecule has 3 aromatic rings. The molecular formula is C19H17N3O3S. The van der Waals surface area contributed by atoms with E-state index < -0.39 is 23.6 Å². The van der Waals surface area contributed by atoms with Crippen molar-refractivity contribution < 1.29 is 14.4 Å². The molecule has 6 nitrogen and oxygen atoms in total. The molecule has 7 heteroatoms. The molecule has 1 atom stereocenters. The van der Waals surface area contributed by atoms with Gasteiger partial charge in [0.05, 0.1) is 10.8 Å². The number of thiophene rings is 1. The zero-order valence-electron chi connectivity index (χ0n) is 14.0. The first-order chi connectivity index (χ1) is 12.5. The van der Waals surface area contributed by atoms with E-state index in [2.05, 4.69) is 10.9 Å². The fourth-order valence-corrected chi connectivity index (χ4v) is 3.74. The van der Waals surface area contributed by atoms with Gasteiger partial charge in [-0.25, -0.2) is 0 Å². The van der Waals surface area contributed by atoms with Gasteiger partial charge in [0.25, 0.3) is 5.91 Å². The predicted molar refractivity (Wildman–Crippen MR) is 101 cm³/mol. The van der Waals surface area contributed by atoms with E-state index in [1.54, 1.807) is 11.4 Å². The van der Waals surface area contributed by atoms with Gasteiger partial charge in [-0.2, -0.15) is 0 Å².